The zero-order chi connectivity index (χ0) is 19.7. The van der Waals surface area contributed by atoms with E-state index in [0.29, 0.717) is 12.4 Å². The third-order valence-electron chi connectivity index (χ3n) is 4.65. The lowest BCUT2D eigenvalue weighted by Gasteiger charge is -2.16. The van der Waals surface area contributed by atoms with Crippen molar-refractivity contribution in [2.24, 2.45) is 14.1 Å². The molecule has 1 aromatic carbocycles. The largest absolute Gasteiger partial charge is 0.394 e. The number of aromatic nitrogens is 4. The fourth-order valence-electron chi connectivity index (χ4n) is 2.94. The molecule has 0 aliphatic rings. The highest BCUT2D eigenvalue weighted by Crippen LogP contribution is 2.19. The molecule has 27 heavy (non-hydrogen) atoms. The van der Waals surface area contributed by atoms with Gasteiger partial charge < -0.3 is 10.4 Å². The van der Waals surface area contributed by atoms with E-state index in [4.69, 9.17) is 0 Å². The topological polar surface area (TPSA) is 94.1 Å². The van der Waals surface area contributed by atoms with E-state index in [1.807, 2.05) is 6.92 Å². The highest BCUT2D eigenvalue weighted by Gasteiger charge is 2.20. The van der Waals surface area contributed by atoms with Crippen molar-refractivity contribution in [3.05, 3.63) is 56.5 Å². The number of aryl methyl sites for hydroxylation is 1. The molecule has 8 nitrogen and oxygen atoms in total. The Bertz CT molecular complexity index is 1080. The number of aliphatic hydroxyl groups excluding tert-OH is 1. The van der Waals surface area contributed by atoms with Gasteiger partial charge in [-0.15, -0.1) is 0 Å². The molecule has 0 bridgehead atoms. The second-order valence-electron chi connectivity index (χ2n) is 6.46. The molecule has 0 spiro atoms. The van der Waals surface area contributed by atoms with Gasteiger partial charge in [-0.2, -0.15) is 4.98 Å². The highest BCUT2D eigenvalue weighted by atomic mass is 19.1. The van der Waals surface area contributed by atoms with E-state index in [9.17, 15) is 19.1 Å². The van der Waals surface area contributed by atoms with Gasteiger partial charge in [-0.3, -0.25) is 18.5 Å². The number of nitrogens with one attached hydrogen (secondary N) is 1. The normalized spacial score (nSPS) is 12.5. The van der Waals surface area contributed by atoms with Crippen LogP contribution in [-0.2, 0) is 20.6 Å². The van der Waals surface area contributed by atoms with Crippen LogP contribution in [0.3, 0.4) is 0 Å². The van der Waals surface area contributed by atoms with Crippen LogP contribution in [0.2, 0.25) is 0 Å². The van der Waals surface area contributed by atoms with Gasteiger partial charge in [0.2, 0.25) is 5.95 Å². The first-order valence-electron chi connectivity index (χ1n) is 8.65. The number of hydrogen-bond acceptors (Lipinski definition) is 5. The summed E-state index contributed by atoms with van der Waals surface area (Å²) in [6.45, 7) is 2.07. The van der Waals surface area contributed by atoms with Crippen LogP contribution in [-0.4, -0.2) is 36.4 Å². The Hall–Kier alpha value is -2.94. The second kappa shape index (κ2) is 7.36. The second-order valence-corrected chi connectivity index (χ2v) is 6.46. The van der Waals surface area contributed by atoms with Crippen LogP contribution in [0.5, 0.6) is 0 Å². The number of fused-ring (bicyclic) bond motifs is 1. The minimum Gasteiger partial charge on any atom is -0.394 e. The molecule has 0 amide bonds. The SMILES string of the molecule is CC[C@@H](CO)Nc1nc2c(c(=O)n(C)c(=O)n2C)n1Cc1ccc(F)cc1. The van der Waals surface area contributed by atoms with Gasteiger partial charge in [0.05, 0.1) is 19.2 Å². The van der Waals surface area contributed by atoms with Crippen molar-refractivity contribution >= 4 is 17.1 Å². The Morgan fingerprint density at radius 1 is 1.19 bits per heavy atom. The number of anilines is 1. The summed E-state index contributed by atoms with van der Waals surface area (Å²) in [6, 6.07) is 5.69. The lowest BCUT2D eigenvalue weighted by Crippen LogP contribution is -2.37. The maximum absolute atomic E-state index is 13.2. The van der Waals surface area contributed by atoms with E-state index in [2.05, 4.69) is 10.3 Å². The van der Waals surface area contributed by atoms with Crippen molar-refractivity contribution in [1.29, 1.82) is 0 Å². The smallest absolute Gasteiger partial charge is 0.332 e. The lowest BCUT2D eigenvalue weighted by molar-refractivity contribution is 0.271. The fraction of sp³-hybridized carbons (Fsp3) is 0.389. The summed E-state index contributed by atoms with van der Waals surface area (Å²) in [5.74, 6) is 0.0192. The molecule has 9 heteroatoms. The Labute approximate surface area is 154 Å². The number of benzene rings is 1. The van der Waals surface area contributed by atoms with Crippen molar-refractivity contribution in [3.63, 3.8) is 0 Å². The number of hydrogen-bond donors (Lipinski definition) is 2. The average molecular weight is 375 g/mol. The number of halogens is 1. The Morgan fingerprint density at radius 3 is 2.44 bits per heavy atom. The number of rotatable bonds is 6. The molecule has 0 saturated heterocycles. The molecule has 0 saturated carbocycles. The third kappa shape index (κ3) is 3.37. The van der Waals surface area contributed by atoms with Crippen LogP contribution < -0.4 is 16.6 Å². The van der Waals surface area contributed by atoms with Gasteiger partial charge in [-0.25, -0.2) is 9.18 Å². The zero-order valence-corrected chi connectivity index (χ0v) is 15.4. The van der Waals surface area contributed by atoms with Gasteiger partial charge in [-0.1, -0.05) is 19.1 Å². The minimum absolute atomic E-state index is 0.104. The molecule has 2 aromatic heterocycles. The molecular formula is C18H22FN5O3. The lowest BCUT2D eigenvalue weighted by atomic mass is 10.2. The Kier molecular flexibility index (Phi) is 5.13. The molecule has 0 radical (unpaired) electrons. The molecule has 3 rings (SSSR count). The first-order valence-corrected chi connectivity index (χ1v) is 8.65. The number of aliphatic hydroxyl groups is 1. The van der Waals surface area contributed by atoms with Gasteiger partial charge in [0.1, 0.15) is 5.82 Å². The minimum atomic E-state index is -0.473. The molecule has 2 N–H and O–H groups in total. The summed E-state index contributed by atoms with van der Waals surface area (Å²) >= 11 is 0. The van der Waals surface area contributed by atoms with Crippen LogP contribution in [0.15, 0.2) is 33.9 Å². The molecular weight excluding hydrogens is 353 g/mol. The molecule has 1 atom stereocenters. The van der Waals surface area contributed by atoms with Crippen molar-refractivity contribution in [2.45, 2.75) is 25.9 Å². The maximum Gasteiger partial charge on any atom is 0.332 e. The summed E-state index contributed by atoms with van der Waals surface area (Å²) in [7, 11) is 2.96. The van der Waals surface area contributed by atoms with Gasteiger partial charge in [0, 0.05) is 14.1 Å². The summed E-state index contributed by atoms with van der Waals surface area (Å²) < 4.78 is 17.2. The summed E-state index contributed by atoms with van der Waals surface area (Å²) in [4.78, 5) is 29.4. The molecule has 3 aromatic rings. The first-order chi connectivity index (χ1) is 12.9. The van der Waals surface area contributed by atoms with Crippen LogP contribution in [0.25, 0.3) is 11.2 Å². The van der Waals surface area contributed by atoms with Gasteiger partial charge in [-0.05, 0) is 24.1 Å². The monoisotopic (exact) mass is 375 g/mol. The predicted octanol–water partition coefficient (Wildman–Crippen LogP) is 0.804. The van der Waals surface area contributed by atoms with E-state index in [1.54, 1.807) is 23.7 Å². The number of nitrogens with zero attached hydrogens (tertiary/aromatic N) is 4. The van der Waals surface area contributed by atoms with E-state index in [-0.39, 0.29) is 36.2 Å². The van der Waals surface area contributed by atoms with Crippen LogP contribution in [0.4, 0.5) is 10.3 Å². The summed E-state index contributed by atoms with van der Waals surface area (Å²) in [6.07, 6.45) is 0.646. The van der Waals surface area contributed by atoms with Gasteiger partial charge in [0.25, 0.3) is 5.56 Å². The fourth-order valence-corrected chi connectivity index (χ4v) is 2.94. The van der Waals surface area contributed by atoms with E-state index in [0.717, 1.165) is 10.1 Å². The van der Waals surface area contributed by atoms with E-state index < -0.39 is 11.2 Å². The zero-order valence-electron chi connectivity index (χ0n) is 15.4. The maximum atomic E-state index is 13.2. The quantitative estimate of drug-likeness (QED) is 0.665. The van der Waals surface area contributed by atoms with E-state index >= 15 is 0 Å². The van der Waals surface area contributed by atoms with Crippen molar-refractivity contribution < 1.29 is 9.50 Å². The van der Waals surface area contributed by atoms with E-state index in [1.165, 1.54) is 23.7 Å². The average Bonchev–Trinajstić information content (AvgIpc) is 3.02. The molecule has 144 valence electrons. The predicted molar refractivity (Wildman–Crippen MR) is 101 cm³/mol. The van der Waals surface area contributed by atoms with Gasteiger partial charge in [0.15, 0.2) is 11.2 Å². The summed E-state index contributed by atoms with van der Waals surface area (Å²) in [5, 5.41) is 12.6. The molecule has 2 heterocycles. The van der Waals surface area contributed by atoms with Crippen molar-refractivity contribution in [3.8, 4) is 0 Å². The van der Waals surface area contributed by atoms with Crippen molar-refractivity contribution in [2.75, 3.05) is 11.9 Å². The van der Waals surface area contributed by atoms with Crippen molar-refractivity contribution in [1.82, 2.24) is 18.7 Å². The highest BCUT2D eigenvalue weighted by molar-refractivity contribution is 5.74. The molecule has 0 fully saturated rings. The molecule has 0 unspecified atom stereocenters. The standard InChI is InChI=1S/C18H22FN5O3/c1-4-13(10-25)20-17-21-15-14(16(26)23(3)18(27)22(15)2)24(17)9-11-5-7-12(19)8-6-11/h5-8,13,25H,4,9-10H2,1-3H3,(H,20,21)/t13-/m0/s1. The Morgan fingerprint density at radius 2 is 1.85 bits per heavy atom. The molecule has 0 aliphatic heterocycles. The third-order valence-corrected chi connectivity index (χ3v) is 4.65. The molecule has 0 aliphatic carbocycles. The first kappa shape index (κ1) is 18.8. The van der Waals surface area contributed by atoms with Crippen LogP contribution in [0.1, 0.15) is 18.9 Å². The Balaban J connectivity index is 2.24. The summed E-state index contributed by atoms with van der Waals surface area (Å²) in [5.41, 5.74) is 0.346. The van der Waals surface area contributed by atoms with Gasteiger partial charge >= 0.3 is 5.69 Å². The number of imidazole rings is 1. The van der Waals surface area contributed by atoms with Crippen LogP contribution in [0, 0.1) is 5.82 Å². The van der Waals surface area contributed by atoms with Crippen LogP contribution >= 0.6 is 0 Å².